The van der Waals surface area contributed by atoms with Gasteiger partial charge < -0.3 is 9.84 Å². The Labute approximate surface area is 136 Å². The molecule has 3 aliphatic rings. The summed E-state index contributed by atoms with van der Waals surface area (Å²) in [6.45, 7) is 1.27. The summed E-state index contributed by atoms with van der Waals surface area (Å²) >= 11 is 0. The Bertz CT molecular complexity index is 819. The molecule has 0 unspecified atom stereocenters. The number of aliphatic hydroxyl groups excluding tert-OH is 1. The van der Waals surface area contributed by atoms with Crippen molar-refractivity contribution in [1.29, 1.82) is 0 Å². The standard InChI is InChI=1S/C16H14N2O6/c1-8-2-3-9(10(6-8)18(22)23)17-14(20)12-11-4-5-16(7-19,24-11)13(12)15(17)21/h2-6,11-13,19H,7H2,1H3/t11-,12+,13+,16-/m1/s1. The maximum atomic E-state index is 12.9. The van der Waals surface area contributed by atoms with E-state index in [-0.39, 0.29) is 11.4 Å². The summed E-state index contributed by atoms with van der Waals surface area (Å²) in [5.41, 5.74) is -0.892. The Morgan fingerprint density at radius 3 is 2.79 bits per heavy atom. The molecule has 1 aromatic rings. The number of hydrogen-bond acceptors (Lipinski definition) is 6. The predicted molar refractivity (Wildman–Crippen MR) is 81.1 cm³/mol. The molecule has 2 saturated heterocycles. The number of imide groups is 1. The van der Waals surface area contributed by atoms with Crippen LogP contribution in [-0.2, 0) is 14.3 Å². The SMILES string of the molecule is Cc1ccc(N2C(=O)[C@@H]3[C@@H](C2=O)[C@]2(CO)C=C[C@H]3O2)c([N+](=O)[O-])c1. The molecule has 124 valence electrons. The van der Waals surface area contributed by atoms with Gasteiger partial charge in [-0.2, -0.15) is 0 Å². The molecule has 0 saturated carbocycles. The van der Waals surface area contributed by atoms with Crippen LogP contribution in [0.4, 0.5) is 11.4 Å². The van der Waals surface area contributed by atoms with Gasteiger partial charge in [0.25, 0.3) is 5.69 Å². The van der Waals surface area contributed by atoms with Crippen LogP contribution in [0.5, 0.6) is 0 Å². The summed E-state index contributed by atoms with van der Waals surface area (Å²) in [6, 6.07) is 4.35. The average Bonchev–Trinajstić information content (AvgIpc) is 3.19. The van der Waals surface area contributed by atoms with E-state index in [0.29, 0.717) is 5.56 Å². The van der Waals surface area contributed by atoms with Crippen molar-refractivity contribution < 1.29 is 24.4 Å². The van der Waals surface area contributed by atoms with E-state index in [1.807, 2.05) is 0 Å². The lowest BCUT2D eigenvalue weighted by atomic mass is 9.77. The van der Waals surface area contributed by atoms with Crippen molar-refractivity contribution in [3.63, 3.8) is 0 Å². The van der Waals surface area contributed by atoms with E-state index in [1.54, 1.807) is 25.1 Å². The fourth-order valence-electron chi connectivity index (χ4n) is 3.89. The van der Waals surface area contributed by atoms with Crippen LogP contribution in [0.1, 0.15) is 5.56 Å². The van der Waals surface area contributed by atoms with E-state index in [4.69, 9.17) is 4.74 Å². The van der Waals surface area contributed by atoms with Crippen molar-refractivity contribution in [2.24, 2.45) is 11.8 Å². The normalized spacial score (nSPS) is 33.4. The molecule has 2 bridgehead atoms. The van der Waals surface area contributed by atoms with Gasteiger partial charge in [-0.15, -0.1) is 0 Å². The molecule has 2 fully saturated rings. The topological polar surface area (TPSA) is 110 Å². The summed E-state index contributed by atoms with van der Waals surface area (Å²) in [5.74, 6) is -2.71. The van der Waals surface area contributed by atoms with Crippen molar-refractivity contribution in [2.75, 3.05) is 11.5 Å². The first kappa shape index (κ1) is 15.0. The number of nitrogens with zero attached hydrogens (tertiary/aromatic N) is 2. The largest absolute Gasteiger partial charge is 0.393 e. The van der Waals surface area contributed by atoms with Gasteiger partial charge in [-0.3, -0.25) is 19.7 Å². The van der Waals surface area contributed by atoms with Crippen molar-refractivity contribution in [3.05, 3.63) is 46.0 Å². The molecule has 2 amide bonds. The van der Waals surface area contributed by atoms with Crippen LogP contribution in [0, 0.1) is 28.9 Å². The minimum atomic E-state index is -1.21. The first-order valence-corrected chi connectivity index (χ1v) is 7.50. The minimum Gasteiger partial charge on any atom is -0.393 e. The van der Waals surface area contributed by atoms with Crippen LogP contribution >= 0.6 is 0 Å². The maximum Gasteiger partial charge on any atom is 0.293 e. The van der Waals surface area contributed by atoms with Crippen LogP contribution in [-0.4, -0.2) is 40.2 Å². The zero-order chi connectivity index (χ0) is 17.2. The van der Waals surface area contributed by atoms with E-state index in [9.17, 15) is 24.8 Å². The number of aliphatic hydroxyl groups is 1. The highest BCUT2D eigenvalue weighted by molar-refractivity contribution is 6.24. The summed E-state index contributed by atoms with van der Waals surface area (Å²) in [4.78, 5) is 37.3. The van der Waals surface area contributed by atoms with E-state index < -0.39 is 46.9 Å². The summed E-state index contributed by atoms with van der Waals surface area (Å²) in [7, 11) is 0. The average molecular weight is 330 g/mol. The first-order valence-electron chi connectivity index (χ1n) is 7.50. The van der Waals surface area contributed by atoms with Gasteiger partial charge in [0.2, 0.25) is 11.8 Å². The zero-order valence-corrected chi connectivity index (χ0v) is 12.7. The van der Waals surface area contributed by atoms with Crippen LogP contribution in [0.2, 0.25) is 0 Å². The number of hydrogen-bond donors (Lipinski definition) is 1. The molecule has 0 aliphatic carbocycles. The van der Waals surface area contributed by atoms with Crippen LogP contribution in [0.25, 0.3) is 0 Å². The number of benzene rings is 1. The van der Waals surface area contributed by atoms with Gasteiger partial charge in [0, 0.05) is 6.07 Å². The Morgan fingerprint density at radius 2 is 2.12 bits per heavy atom. The van der Waals surface area contributed by atoms with Gasteiger partial charge in [0.05, 0.1) is 29.5 Å². The van der Waals surface area contributed by atoms with Crippen molar-refractivity contribution in [1.82, 2.24) is 0 Å². The van der Waals surface area contributed by atoms with Gasteiger partial charge in [-0.1, -0.05) is 18.2 Å². The molecule has 0 radical (unpaired) electrons. The smallest absolute Gasteiger partial charge is 0.293 e. The molecule has 4 atom stereocenters. The second-order valence-corrected chi connectivity index (χ2v) is 6.32. The lowest BCUT2D eigenvalue weighted by Crippen LogP contribution is -2.43. The van der Waals surface area contributed by atoms with Gasteiger partial charge >= 0.3 is 0 Å². The molecule has 1 N–H and O–H groups in total. The molecule has 0 aromatic heterocycles. The summed E-state index contributed by atoms with van der Waals surface area (Å²) < 4.78 is 5.63. The second-order valence-electron chi connectivity index (χ2n) is 6.32. The lowest BCUT2D eigenvalue weighted by molar-refractivity contribution is -0.384. The van der Waals surface area contributed by atoms with Crippen molar-refractivity contribution in [2.45, 2.75) is 18.6 Å². The molecule has 1 aromatic carbocycles. The number of fused-ring (bicyclic) bond motifs is 5. The third kappa shape index (κ3) is 1.69. The van der Waals surface area contributed by atoms with Crippen LogP contribution < -0.4 is 4.90 Å². The monoisotopic (exact) mass is 330 g/mol. The second kappa shape index (κ2) is 4.71. The highest BCUT2D eigenvalue weighted by atomic mass is 16.6. The number of amides is 2. The van der Waals surface area contributed by atoms with E-state index in [2.05, 4.69) is 0 Å². The zero-order valence-electron chi connectivity index (χ0n) is 12.7. The third-order valence-corrected chi connectivity index (χ3v) is 4.97. The number of ether oxygens (including phenoxy) is 1. The molecule has 24 heavy (non-hydrogen) atoms. The number of nitro benzene ring substituents is 1. The fourth-order valence-corrected chi connectivity index (χ4v) is 3.89. The number of anilines is 1. The van der Waals surface area contributed by atoms with E-state index in [0.717, 1.165) is 4.90 Å². The molecule has 8 heteroatoms. The molecule has 8 nitrogen and oxygen atoms in total. The number of nitro groups is 1. The molecular formula is C16H14N2O6. The lowest BCUT2D eigenvalue weighted by Gasteiger charge is -2.26. The van der Waals surface area contributed by atoms with Crippen LogP contribution in [0.3, 0.4) is 0 Å². The number of carbonyl (C=O) groups is 2. The molecular weight excluding hydrogens is 316 g/mol. The molecule has 4 rings (SSSR count). The number of carbonyl (C=O) groups excluding carboxylic acids is 2. The van der Waals surface area contributed by atoms with E-state index in [1.165, 1.54) is 12.1 Å². The van der Waals surface area contributed by atoms with Gasteiger partial charge in [-0.05, 0) is 18.6 Å². The Kier molecular flexibility index (Phi) is 2.94. The van der Waals surface area contributed by atoms with Gasteiger partial charge in [0.15, 0.2) is 0 Å². The first-order chi connectivity index (χ1) is 11.4. The number of rotatable bonds is 3. The van der Waals surface area contributed by atoms with Crippen molar-refractivity contribution >= 4 is 23.2 Å². The Hall–Kier alpha value is -2.58. The van der Waals surface area contributed by atoms with Crippen molar-refractivity contribution in [3.8, 4) is 0 Å². The molecule has 3 aliphatic heterocycles. The summed E-state index contributed by atoms with van der Waals surface area (Å²) in [5, 5.41) is 21.0. The minimum absolute atomic E-state index is 0.0394. The fraction of sp³-hybridized carbons (Fsp3) is 0.375. The number of aryl methyl sites for hydroxylation is 1. The quantitative estimate of drug-likeness (QED) is 0.378. The molecule has 3 heterocycles. The maximum absolute atomic E-state index is 12.9. The van der Waals surface area contributed by atoms with Gasteiger partial charge in [0.1, 0.15) is 11.3 Å². The van der Waals surface area contributed by atoms with Crippen LogP contribution in [0.15, 0.2) is 30.4 Å². The summed E-state index contributed by atoms with van der Waals surface area (Å²) in [6.07, 6.45) is 2.68. The van der Waals surface area contributed by atoms with Gasteiger partial charge in [-0.25, -0.2) is 4.90 Å². The Morgan fingerprint density at radius 1 is 1.38 bits per heavy atom. The highest BCUT2D eigenvalue weighted by Gasteiger charge is 2.68. The molecule has 0 spiro atoms. The Balaban J connectivity index is 1.82. The third-order valence-electron chi connectivity index (χ3n) is 4.97. The van der Waals surface area contributed by atoms with E-state index >= 15 is 0 Å². The predicted octanol–water partition coefficient (Wildman–Crippen LogP) is 0.709. The highest BCUT2D eigenvalue weighted by Crippen LogP contribution is 2.53.